The topological polar surface area (TPSA) is 90.0 Å². The molecular weight excluding hydrogens is 406 g/mol. The van der Waals surface area contributed by atoms with E-state index in [2.05, 4.69) is 0 Å². The van der Waals surface area contributed by atoms with Crippen molar-refractivity contribution in [1.29, 1.82) is 0 Å². The van der Waals surface area contributed by atoms with Crippen LogP contribution in [0.25, 0.3) is 0 Å². The molecule has 1 heterocycles. The fourth-order valence-corrected chi connectivity index (χ4v) is 4.58. The molecule has 160 valence electrons. The van der Waals surface area contributed by atoms with Gasteiger partial charge >= 0.3 is 11.9 Å². The van der Waals surface area contributed by atoms with Crippen LogP contribution in [0.3, 0.4) is 0 Å². The maximum Gasteiger partial charge on any atom is 0.344 e. The lowest BCUT2D eigenvalue weighted by Crippen LogP contribution is -2.35. The lowest BCUT2D eigenvalue weighted by atomic mass is 10.0. The minimum atomic E-state index is -3.69. The number of fused-ring (bicyclic) bond motifs is 1. The molecule has 3 rings (SSSR count). The molecule has 0 saturated heterocycles. The lowest BCUT2D eigenvalue weighted by Gasteiger charge is -2.28. The molecule has 0 saturated carbocycles. The van der Waals surface area contributed by atoms with Crippen LogP contribution in [0.1, 0.15) is 42.3 Å². The first kappa shape index (κ1) is 22.0. The van der Waals surface area contributed by atoms with Crippen LogP contribution in [0.5, 0.6) is 0 Å². The summed E-state index contributed by atoms with van der Waals surface area (Å²) in [7, 11) is -3.69. The zero-order chi connectivity index (χ0) is 21.9. The number of carbonyl (C=O) groups is 2. The highest BCUT2D eigenvalue weighted by molar-refractivity contribution is 7.89. The lowest BCUT2D eigenvalue weighted by molar-refractivity contribution is -0.158. The SMILES string of the molecule is CC(C)(C)OC(=O)COC(=O)c1ccc(S(=O)(=O)N2CCc3ccccc3C2)cc1. The van der Waals surface area contributed by atoms with E-state index in [1.165, 1.54) is 28.6 Å². The summed E-state index contributed by atoms with van der Waals surface area (Å²) in [6.45, 7) is 5.35. The second kappa shape index (κ2) is 8.57. The summed E-state index contributed by atoms with van der Waals surface area (Å²) in [5, 5.41) is 0. The van der Waals surface area contributed by atoms with Crippen LogP contribution < -0.4 is 0 Å². The maximum absolute atomic E-state index is 13.0. The molecule has 0 spiro atoms. The summed E-state index contributed by atoms with van der Waals surface area (Å²) < 4.78 is 37.4. The largest absolute Gasteiger partial charge is 0.457 e. The molecule has 0 N–H and O–H groups in total. The van der Waals surface area contributed by atoms with E-state index in [0.29, 0.717) is 19.5 Å². The molecule has 2 aromatic rings. The Hall–Kier alpha value is -2.71. The van der Waals surface area contributed by atoms with Gasteiger partial charge in [-0.3, -0.25) is 0 Å². The minimum Gasteiger partial charge on any atom is -0.457 e. The van der Waals surface area contributed by atoms with Gasteiger partial charge in [0, 0.05) is 13.1 Å². The number of nitrogens with zero attached hydrogens (tertiary/aromatic N) is 1. The monoisotopic (exact) mass is 431 g/mol. The van der Waals surface area contributed by atoms with Gasteiger partial charge in [-0.25, -0.2) is 18.0 Å². The predicted molar refractivity (Wildman–Crippen MR) is 110 cm³/mol. The predicted octanol–water partition coefficient (Wildman–Crippen LogP) is 2.93. The Balaban J connectivity index is 1.65. The van der Waals surface area contributed by atoms with Crippen LogP contribution >= 0.6 is 0 Å². The van der Waals surface area contributed by atoms with Crippen LogP contribution in [0.4, 0.5) is 0 Å². The normalized spacial score (nSPS) is 14.6. The van der Waals surface area contributed by atoms with E-state index in [-0.39, 0.29) is 10.5 Å². The van der Waals surface area contributed by atoms with E-state index >= 15 is 0 Å². The third-order valence-electron chi connectivity index (χ3n) is 4.56. The molecular formula is C22H25NO6S. The summed E-state index contributed by atoms with van der Waals surface area (Å²) >= 11 is 0. The quantitative estimate of drug-likeness (QED) is 0.676. The van der Waals surface area contributed by atoms with Gasteiger partial charge in [-0.1, -0.05) is 24.3 Å². The molecule has 1 aliphatic heterocycles. The van der Waals surface area contributed by atoms with Crippen molar-refractivity contribution in [3.05, 3.63) is 65.2 Å². The zero-order valence-electron chi connectivity index (χ0n) is 17.3. The van der Waals surface area contributed by atoms with Gasteiger partial charge in [0.25, 0.3) is 0 Å². The number of esters is 2. The Kier molecular flexibility index (Phi) is 6.28. The third kappa shape index (κ3) is 5.25. The summed E-state index contributed by atoms with van der Waals surface area (Å²) in [5.41, 5.74) is 1.64. The number of benzene rings is 2. The first-order valence-electron chi connectivity index (χ1n) is 9.62. The molecule has 0 aromatic heterocycles. The highest BCUT2D eigenvalue weighted by atomic mass is 32.2. The van der Waals surface area contributed by atoms with Crippen LogP contribution in [-0.4, -0.2) is 43.4 Å². The minimum absolute atomic E-state index is 0.102. The highest BCUT2D eigenvalue weighted by Gasteiger charge is 2.28. The van der Waals surface area contributed by atoms with Crippen LogP contribution in [-0.2, 0) is 37.3 Å². The van der Waals surface area contributed by atoms with Gasteiger partial charge in [0.05, 0.1) is 10.5 Å². The maximum atomic E-state index is 13.0. The summed E-state index contributed by atoms with van der Waals surface area (Å²) in [6.07, 6.45) is 0.657. The Labute approximate surface area is 176 Å². The molecule has 0 atom stereocenters. The van der Waals surface area contributed by atoms with E-state index in [4.69, 9.17) is 9.47 Å². The molecule has 7 nitrogen and oxygen atoms in total. The standard InChI is InChI=1S/C22H25NO6S/c1-22(2,3)29-20(24)15-28-21(25)17-8-10-19(11-9-17)30(26,27)23-13-12-16-6-4-5-7-18(16)14-23/h4-11H,12-15H2,1-3H3. The van der Waals surface area contributed by atoms with Crippen molar-refractivity contribution < 1.29 is 27.5 Å². The fourth-order valence-electron chi connectivity index (χ4n) is 3.17. The zero-order valence-corrected chi connectivity index (χ0v) is 18.1. The second-order valence-electron chi connectivity index (χ2n) is 8.04. The van der Waals surface area contributed by atoms with Gasteiger partial charge in [-0.05, 0) is 62.6 Å². The van der Waals surface area contributed by atoms with Gasteiger partial charge in [-0.15, -0.1) is 0 Å². The van der Waals surface area contributed by atoms with Crippen LogP contribution in [0, 0.1) is 0 Å². The van der Waals surface area contributed by atoms with Gasteiger partial charge < -0.3 is 9.47 Å². The number of carbonyl (C=O) groups excluding carboxylic acids is 2. The number of hydrogen-bond acceptors (Lipinski definition) is 6. The van der Waals surface area contributed by atoms with E-state index in [9.17, 15) is 18.0 Å². The molecule has 0 unspecified atom stereocenters. The number of hydrogen-bond donors (Lipinski definition) is 0. The number of rotatable bonds is 5. The van der Waals surface area contributed by atoms with E-state index < -0.39 is 34.2 Å². The van der Waals surface area contributed by atoms with E-state index in [1.54, 1.807) is 20.8 Å². The molecule has 30 heavy (non-hydrogen) atoms. The van der Waals surface area contributed by atoms with Gasteiger partial charge in [0.1, 0.15) is 5.60 Å². The molecule has 1 aliphatic rings. The van der Waals surface area contributed by atoms with Crippen LogP contribution in [0.2, 0.25) is 0 Å². The third-order valence-corrected chi connectivity index (χ3v) is 6.42. The smallest absolute Gasteiger partial charge is 0.344 e. The van der Waals surface area contributed by atoms with E-state index in [1.807, 2.05) is 24.3 Å². The first-order chi connectivity index (χ1) is 14.1. The van der Waals surface area contributed by atoms with Gasteiger partial charge in [0.15, 0.2) is 6.61 Å². The molecule has 8 heteroatoms. The van der Waals surface area contributed by atoms with Crippen molar-refractivity contribution in [2.45, 2.75) is 44.2 Å². The average Bonchev–Trinajstić information content (AvgIpc) is 2.70. The highest BCUT2D eigenvalue weighted by Crippen LogP contribution is 2.25. The molecule has 0 fully saturated rings. The Morgan fingerprint density at radius 1 is 1.00 bits per heavy atom. The molecule has 0 amide bonds. The van der Waals surface area contributed by atoms with Crippen molar-refractivity contribution in [3.8, 4) is 0 Å². The Morgan fingerprint density at radius 2 is 1.63 bits per heavy atom. The van der Waals surface area contributed by atoms with Crippen molar-refractivity contribution >= 4 is 22.0 Å². The number of sulfonamides is 1. The molecule has 0 radical (unpaired) electrons. The summed E-state index contributed by atoms with van der Waals surface area (Å²) in [5.74, 6) is -1.38. The van der Waals surface area contributed by atoms with Gasteiger partial charge in [0.2, 0.25) is 10.0 Å². The number of ether oxygens (including phenoxy) is 2. The van der Waals surface area contributed by atoms with Crippen LogP contribution in [0.15, 0.2) is 53.4 Å². The molecule has 0 aliphatic carbocycles. The molecule has 0 bridgehead atoms. The Morgan fingerprint density at radius 3 is 2.27 bits per heavy atom. The van der Waals surface area contributed by atoms with Gasteiger partial charge in [-0.2, -0.15) is 4.31 Å². The second-order valence-corrected chi connectivity index (χ2v) is 9.98. The molecule has 2 aromatic carbocycles. The van der Waals surface area contributed by atoms with Crippen molar-refractivity contribution in [1.82, 2.24) is 4.31 Å². The average molecular weight is 432 g/mol. The Bertz CT molecular complexity index is 1040. The van der Waals surface area contributed by atoms with Crippen molar-refractivity contribution in [2.24, 2.45) is 0 Å². The fraction of sp³-hybridized carbons (Fsp3) is 0.364. The van der Waals surface area contributed by atoms with E-state index in [0.717, 1.165) is 11.1 Å². The first-order valence-corrected chi connectivity index (χ1v) is 11.1. The summed E-state index contributed by atoms with van der Waals surface area (Å²) in [6, 6.07) is 13.3. The van der Waals surface area contributed by atoms with Crippen molar-refractivity contribution in [3.63, 3.8) is 0 Å². The van der Waals surface area contributed by atoms with Crippen molar-refractivity contribution in [2.75, 3.05) is 13.2 Å². The summed E-state index contributed by atoms with van der Waals surface area (Å²) in [4.78, 5) is 23.9.